The number of nitrogens with zero attached hydrogens (tertiary/aromatic N) is 2. The van der Waals surface area contributed by atoms with Gasteiger partial charge in [-0.05, 0) is 52.4 Å². The van der Waals surface area contributed by atoms with Gasteiger partial charge in [-0.25, -0.2) is 0 Å². The van der Waals surface area contributed by atoms with Crippen molar-refractivity contribution in [1.82, 2.24) is 10.2 Å². The zero-order valence-electron chi connectivity index (χ0n) is 21.8. The van der Waals surface area contributed by atoms with E-state index >= 15 is 0 Å². The Hall–Kier alpha value is -4.45. The summed E-state index contributed by atoms with van der Waals surface area (Å²) in [4.78, 5) is 14.3. The van der Waals surface area contributed by atoms with Crippen LogP contribution in [0.5, 0.6) is 28.7 Å². The molecule has 0 radical (unpaired) electrons. The highest BCUT2D eigenvalue weighted by molar-refractivity contribution is 7.13. The third kappa shape index (κ3) is 3.81. The van der Waals surface area contributed by atoms with Gasteiger partial charge in [-0.1, -0.05) is 11.2 Å². The molecule has 11 nitrogen and oxygen atoms in total. The molecule has 7 rings (SSSR count). The summed E-state index contributed by atoms with van der Waals surface area (Å²) < 4.78 is 39.9. The number of carbonyl (C=O) groups is 1. The van der Waals surface area contributed by atoms with Crippen LogP contribution in [-0.2, 0) is 9.53 Å². The van der Waals surface area contributed by atoms with E-state index in [4.69, 9.17) is 32.8 Å². The zero-order chi connectivity index (χ0) is 27.4. The molecular formula is C28H25N3O8S. The fourth-order valence-corrected chi connectivity index (χ4v) is 6.59. The molecular weight excluding hydrogens is 538 g/mol. The Kier molecular flexibility index (Phi) is 5.92. The standard InChI is InChI=1S/C28H25N3O8S/c1-33-19-7-13(8-20(34-2)25(19)35-3)22-14-9-17-18(38-12-37-17)10-15(14)24(16-11-36-27(32)23(16)22)29-28-31-30-26(39-28)21-5-4-6-40-21/h4-10,16,22-24H,11-12H2,1-3H3,(H,29,31)/t16-,22+,23-,24+/m0/s1. The van der Waals surface area contributed by atoms with Crippen molar-refractivity contribution < 1.29 is 37.6 Å². The number of methoxy groups -OCH3 is 3. The minimum absolute atomic E-state index is 0.119. The lowest BCUT2D eigenvalue weighted by Crippen LogP contribution is -2.37. The van der Waals surface area contributed by atoms with Gasteiger partial charge in [0.05, 0.1) is 44.8 Å². The van der Waals surface area contributed by atoms with E-state index in [2.05, 4.69) is 15.5 Å². The molecule has 4 atom stereocenters. The molecule has 1 N–H and O–H groups in total. The average molecular weight is 564 g/mol. The number of aromatic nitrogens is 2. The maximum atomic E-state index is 13.4. The number of nitrogens with one attached hydrogen (secondary N) is 1. The van der Waals surface area contributed by atoms with Crippen LogP contribution < -0.4 is 29.0 Å². The van der Waals surface area contributed by atoms with Gasteiger partial charge in [0.15, 0.2) is 23.0 Å². The highest BCUT2D eigenvalue weighted by Gasteiger charge is 2.53. The molecule has 0 unspecified atom stereocenters. The van der Waals surface area contributed by atoms with Gasteiger partial charge in [-0.2, -0.15) is 0 Å². The molecule has 1 aliphatic carbocycles. The molecule has 206 valence electrons. The maximum Gasteiger partial charge on any atom is 0.316 e. The first-order valence-corrected chi connectivity index (χ1v) is 13.5. The monoisotopic (exact) mass is 563 g/mol. The molecule has 3 aliphatic rings. The minimum Gasteiger partial charge on any atom is -0.493 e. The Balaban J connectivity index is 1.37. The Labute approximate surface area is 232 Å². The molecule has 40 heavy (non-hydrogen) atoms. The first kappa shape index (κ1) is 24.6. The summed E-state index contributed by atoms with van der Waals surface area (Å²) in [5.74, 6) is 1.67. The zero-order valence-corrected chi connectivity index (χ0v) is 22.7. The molecule has 0 saturated carbocycles. The molecule has 4 aromatic rings. The Morgan fingerprint density at radius 2 is 1.70 bits per heavy atom. The van der Waals surface area contributed by atoms with E-state index in [-0.39, 0.29) is 43.3 Å². The van der Waals surface area contributed by atoms with Crippen LogP contribution in [0.25, 0.3) is 10.8 Å². The number of hydrogen-bond donors (Lipinski definition) is 1. The summed E-state index contributed by atoms with van der Waals surface area (Å²) in [6.07, 6.45) is 0. The van der Waals surface area contributed by atoms with Crippen LogP contribution in [0.3, 0.4) is 0 Å². The van der Waals surface area contributed by atoms with Gasteiger partial charge >= 0.3 is 12.0 Å². The topological polar surface area (TPSA) is 123 Å². The van der Waals surface area contributed by atoms with Gasteiger partial charge in [0, 0.05) is 11.8 Å². The number of anilines is 1. The van der Waals surface area contributed by atoms with Crippen LogP contribution in [0.4, 0.5) is 6.01 Å². The lowest BCUT2D eigenvalue weighted by molar-refractivity contribution is -0.141. The van der Waals surface area contributed by atoms with Crippen LogP contribution in [0.2, 0.25) is 0 Å². The van der Waals surface area contributed by atoms with E-state index in [9.17, 15) is 4.79 Å². The number of ether oxygens (including phenoxy) is 6. The summed E-state index contributed by atoms with van der Waals surface area (Å²) >= 11 is 1.51. The number of rotatable bonds is 7. The molecule has 0 spiro atoms. The number of fused-ring (bicyclic) bond motifs is 3. The van der Waals surface area contributed by atoms with E-state index in [1.54, 1.807) is 21.3 Å². The maximum absolute atomic E-state index is 13.4. The molecule has 2 aromatic heterocycles. The number of thiophene rings is 1. The van der Waals surface area contributed by atoms with Crippen molar-refractivity contribution in [3.8, 4) is 39.5 Å². The number of cyclic esters (lactones) is 1. The van der Waals surface area contributed by atoms with E-state index in [0.717, 1.165) is 21.6 Å². The van der Waals surface area contributed by atoms with E-state index < -0.39 is 5.92 Å². The number of esters is 1. The molecule has 0 amide bonds. The molecule has 12 heteroatoms. The summed E-state index contributed by atoms with van der Waals surface area (Å²) in [5.41, 5.74) is 2.62. The molecule has 2 aliphatic heterocycles. The van der Waals surface area contributed by atoms with Crippen LogP contribution in [0.1, 0.15) is 28.7 Å². The second-order valence-electron chi connectivity index (χ2n) is 9.60. The van der Waals surface area contributed by atoms with E-state index in [0.29, 0.717) is 34.6 Å². The summed E-state index contributed by atoms with van der Waals surface area (Å²) in [7, 11) is 4.68. The largest absolute Gasteiger partial charge is 0.493 e. The molecule has 2 aromatic carbocycles. The van der Waals surface area contributed by atoms with Crippen molar-refractivity contribution in [2.75, 3.05) is 40.0 Å². The van der Waals surface area contributed by atoms with Crippen molar-refractivity contribution in [3.63, 3.8) is 0 Å². The summed E-state index contributed by atoms with van der Waals surface area (Å²) in [5, 5.41) is 13.8. The SMILES string of the molecule is COc1cc([C@@H]2c3cc4c(cc3[C@@H](Nc3nnc(-c5cccs5)o3)[C@H]3COC(=O)[C@H]23)OCO4)cc(OC)c1OC. The predicted molar refractivity (Wildman–Crippen MR) is 142 cm³/mol. The third-order valence-corrected chi connectivity index (χ3v) is 8.53. The first-order chi connectivity index (χ1) is 19.6. The average Bonchev–Trinajstić information content (AvgIpc) is 3.79. The number of benzene rings is 2. The molecule has 0 bridgehead atoms. The number of hydrogen-bond acceptors (Lipinski definition) is 12. The minimum atomic E-state index is -0.520. The lowest BCUT2D eigenvalue weighted by atomic mass is 9.65. The van der Waals surface area contributed by atoms with Gasteiger partial charge in [0.25, 0.3) is 5.89 Å². The molecule has 1 fully saturated rings. The lowest BCUT2D eigenvalue weighted by Gasteiger charge is -2.39. The Morgan fingerprint density at radius 3 is 2.38 bits per heavy atom. The normalized spacial score (nSPS) is 22.3. The van der Waals surface area contributed by atoms with Crippen molar-refractivity contribution in [2.45, 2.75) is 12.0 Å². The van der Waals surface area contributed by atoms with Crippen molar-refractivity contribution in [2.24, 2.45) is 11.8 Å². The van der Waals surface area contributed by atoms with Crippen LogP contribution >= 0.6 is 11.3 Å². The Bertz CT molecular complexity index is 1560. The van der Waals surface area contributed by atoms with Crippen molar-refractivity contribution in [1.29, 1.82) is 0 Å². The van der Waals surface area contributed by atoms with Gasteiger partial charge in [-0.3, -0.25) is 4.79 Å². The molecule has 4 heterocycles. The van der Waals surface area contributed by atoms with Gasteiger partial charge in [-0.15, -0.1) is 16.4 Å². The van der Waals surface area contributed by atoms with Crippen LogP contribution in [0, 0.1) is 11.8 Å². The fraction of sp³-hybridized carbons (Fsp3) is 0.321. The van der Waals surface area contributed by atoms with E-state index in [1.165, 1.54) is 11.3 Å². The van der Waals surface area contributed by atoms with Gasteiger partial charge < -0.3 is 38.2 Å². The van der Waals surface area contributed by atoms with Gasteiger partial charge in [0.2, 0.25) is 12.5 Å². The molecule has 1 saturated heterocycles. The second kappa shape index (κ2) is 9.63. The van der Waals surface area contributed by atoms with Crippen molar-refractivity contribution in [3.05, 3.63) is 58.5 Å². The third-order valence-electron chi connectivity index (χ3n) is 7.67. The van der Waals surface area contributed by atoms with Crippen LogP contribution in [-0.4, -0.2) is 50.9 Å². The first-order valence-electron chi connectivity index (χ1n) is 12.6. The highest BCUT2D eigenvalue weighted by Crippen LogP contribution is 2.56. The van der Waals surface area contributed by atoms with Gasteiger partial charge in [0.1, 0.15) is 0 Å². The van der Waals surface area contributed by atoms with Crippen LogP contribution in [0.15, 0.2) is 46.2 Å². The van der Waals surface area contributed by atoms with Crippen molar-refractivity contribution >= 4 is 23.3 Å². The highest BCUT2D eigenvalue weighted by atomic mass is 32.1. The van der Waals surface area contributed by atoms with E-state index in [1.807, 2.05) is 41.8 Å². The number of carbonyl (C=O) groups excluding carboxylic acids is 1. The smallest absolute Gasteiger partial charge is 0.316 e. The second-order valence-corrected chi connectivity index (χ2v) is 10.5. The quantitative estimate of drug-likeness (QED) is 0.316. The fourth-order valence-electron chi connectivity index (χ4n) is 5.94. The Morgan fingerprint density at radius 1 is 0.950 bits per heavy atom. The predicted octanol–water partition coefficient (Wildman–Crippen LogP) is 4.64. The summed E-state index contributed by atoms with van der Waals surface area (Å²) in [6.45, 7) is 0.343. The summed E-state index contributed by atoms with van der Waals surface area (Å²) in [6, 6.07) is 11.4.